The molecule has 0 aliphatic carbocycles. The van der Waals surface area contributed by atoms with Crippen LogP contribution in [0.4, 0.5) is 5.69 Å². The molecule has 1 N–H and O–H groups in total. The SMILES string of the molecule is COc1cc(NC(C)CCCN(Cc2ccc(Cl)cc2)S(=O)(=O)c2ccccc2)c2ncccc2c1. The third kappa shape index (κ3) is 6.35. The minimum Gasteiger partial charge on any atom is -0.497 e. The summed E-state index contributed by atoms with van der Waals surface area (Å²) in [5.74, 6) is 0.758. The maximum Gasteiger partial charge on any atom is 0.243 e. The van der Waals surface area contributed by atoms with E-state index in [1.807, 2.05) is 42.5 Å². The van der Waals surface area contributed by atoms with E-state index in [1.165, 1.54) is 0 Å². The van der Waals surface area contributed by atoms with Crippen LogP contribution in [-0.4, -0.2) is 37.4 Å². The van der Waals surface area contributed by atoms with Gasteiger partial charge in [0.25, 0.3) is 0 Å². The van der Waals surface area contributed by atoms with E-state index in [9.17, 15) is 8.42 Å². The predicted octanol–water partition coefficient (Wildman–Crippen LogP) is 6.37. The topological polar surface area (TPSA) is 71.5 Å². The van der Waals surface area contributed by atoms with Gasteiger partial charge in [0.05, 0.1) is 23.2 Å². The van der Waals surface area contributed by atoms with Crippen molar-refractivity contribution >= 4 is 38.2 Å². The van der Waals surface area contributed by atoms with Gasteiger partial charge in [0.1, 0.15) is 5.75 Å². The number of ether oxygens (including phenoxy) is 1. The van der Waals surface area contributed by atoms with Crippen molar-refractivity contribution < 1.29 is 13.2 Å². The quantitative estimate of drug-likeness (QED) is 0.247. The molecule has 6 nitrogen and oxygen atoms in total. The minimum atomic E-state index is -3.65. The van der Waals surface area contributed by atoms with E-state index in [1.54, 1.807) is 54.0 Å². The molecule has 8 heteroatoms. The standard InChI is InChI=1S/C28H30ClN3O3S/c1-21(31-27-19-25(35-2)18-23-9-6-16-30-28(23)27)8-7-17-32(20-22-12-14-24(29)15-13-22)36(33,34)26-10-4-3-5-11-26/h3-6,9-16,18-19,21,31H,7-8,17,20H2,1-2H3. The van der Waals surface area contributed by atoms with Crippen LogP contribution in [0.2, 0.25) is 5.02 Å². The summed E-state index contributed by atoms with van der Waals surface area (Å²) < 4.78 is 33.9. The number of sulfonamides is 1. The Hall–Kier alpha value is -3.13. The van der Waals surface area contributed by atoms with Crippen molar-refractivity contribution in [2.75, 3.05) is 19.0 Å². The van der Waals surface area contributed by atoms with Crippen LogP contribution in [0.3, 0.4) is 0 Å². The number of nitrogens with one attached hydrogen (secondary N) is 1. The zero-order valence-corrected chi connectivity index (χ0v) is 22.0. The second kappa shape index (κ2) is 11.7. The summed E-state index contributed by atoms with van der Waals surface area (Å²) in [6, 6.07) is 23.8. The minimum absolute atomic E-state index is 0.0964. The van der Waals surface area contributed by atoms with Gasteiger partial charge in [-0.1, -0.05) is 48.0 Å². The molecule has 0 saturated carbocycles. The Morgan fingerprint density at radius 3 is 2.50 bits per heavy atom. The van der Waals surface area contributed by atoms with Crippen LogP contribution in [0.25, 0.3) is 10.9 Å². The van der Waals surface area contributed by atoms with E-state index >= 15 is 0 Å². The number of hydrogen-bond acceptors (Lipinski definition) is 5. The highest BCUT2D eigenvalue weighted by molar-refractivity contribution is 7.89. The van der Waals surface area contributed by atoms with Crippen molar-refractivity contribution in [1.29, 1.82) is 0 Å². The summed E-state index contributed by atoms with van der Waals surface area (Å²) >= 11 is 6.02. The molecule has 36 heavy (non-hydrogen) atoms. The number of anilines is 1. The molecule has 4 rings (SSSR count). The smallest absolute Gasteiger partial charge is 0.243 e. The second-order valence-electron chi connectivity index (χ2n) is 8.72. The molecule has 1 atom stereocenters. The van der Waals surface area contributed by atoms with Crippen molar-refractivity contribution in [3.63, 3.8) is 0 Å². The third-order valence-corrected chi connectivity index (χ3v) is 8.13. The predicted molar refractivity (Wildman–Crippen MR) is 146 cm³/mol. The monoisotopic (exact) mass is 523 g/mol. The molecule has 0 spiro atoms. The number of pyridine rings is 1. The van der Waals surface area contributed by atoms with E-state index in [4.69, 9.17) is 16.3 Å². The lowest BCUT2D eigenvalue weighted by Gasteiger charge is -2.24. The first-order chi connectivity index (χ1) is 17.4. The number of benzene rings is 3. The molecule has 0 bridgehead atoms. The van der Waals surface area contributed by atoms with Crippen molar-refractivity contribution in [3.8, 4) is 5.75 Å². The molecule has 0 saturated heterocycles. The Morgan fingerprint density at radius 1 is 1.03 bits per heavy atom. The molecule has 3 aromatic carbocycles. The molecule has 0 aliphatic heterocycles. The Kier molecular flexibility index (Phi) is 8.46. The molecular formula is C28H30ClN3O3S. The summed E-state index contributed by atoms with van der Waals surface area (Å²) in [4.78, 5) is 4.81. The van der Waals surface area contributed by atoms with Crippen LogP contribution in [0.15, 0.2) is 90.0 Å². The van der Waals surface area contributed by atoms with Crippen LogP contribution in [0.1, 0.15) is 25.3 Å². The number of hydrogen-bond donors (Lipinski definition) is 1. The molecule has 0 radical (unpaired) electrons. The van der Waals surface area contributed by atoms with E-state index < -0.39 is 10.0 Å². The average Bonchev–Trinajstić information content (AvgIpc) is 2.89. The van der Waals surface area contributed by atoms with Crippen LogP contribution in [0, 0.1) is 0 Å². The Bertz CT molecular complexity index is 1400. The van der Waals surface area contributed by atoms with Crippen molar-refractivity contribution in [1.82, 2.24) is 9.29 Å². The van der Waals surface area contributed by atoms with Gasteiger partial charge >= 0.3 is 0 Å². The second-order valence-corrected chi connectivity index (χ2v) is 11.1. The highest BCUT2D eigenvalue weighted by Crippen LogP contribution is 2.29. The average molecular weight is 524 g/mol. The van der Waals surface area contributed by atoms with E-state index in [-0.39, 0.29) is 12.6 Å². The molecule has 0 fully saturated rings. The molecule has 0 amide bonds. The van der Waals surface area contributed by atoms with Gasteiger partial charge in [0, 0.05) is 41.8 Å². The zero-order valence-electron chi connectivity index (χ0n) is 20.4. The summed E-state index contributed by atoms with van der Waals surface area (Å²) in [6.07, 6.45) is 3.23. The van der Waals surface area contributed by atoms with E-state index in [0.717, 1.165) is 34.3 Å². The van der Waals surface area contributed by atoms with Gasteiger partial charge in [0.15, 0.2) is 0 Å². The van der Waals surface area contributed by atoms with Gasteiger partial charge in [-0.25, -0.2) is 8.42 Å². The molecular weight excluding hydrogens is 494 g/mol. The number of rotatable bonds is 11. The maximum absolute atomic E-state index is 13.4. The van der Waals surface area contributed by atoms with Gasteiger partial charge in [0.2, 0.25) is 10.0 Å². The van der Waals surface area contributed by atoms with Gasteiger partial charge < -0.3 is 10.1 Å². The normalized spacial score (nSPS) is 12.6. The van der Waals surface area contributed by atoms with Gasteiger partial charge in [-0.15, -0.1) is 0 Å². The summed E-state index contributed by atoms with van der Waals surface area (Å²) in [7, 11) is -2.00. The Morgan fingerprint density at radius 2 is 1.78 bits per heavy atom. The lowest BCUT2D eigenvalue weighted by molar-refractivity contribution is 0.391. The fourth-order valence-electron chi connectivity index (χ4n) is 4.12. The summed E-state index contributed by atoms with van der Waals surface area (Å²) in [6.45, 7) is 2.76. The Labute approximate surface area is 217 Å². The van der Waals surface area contributed by atoms with Crippen molar-refractivity contribution in [3.05, 3.63) is 95.6 Å². The van der Waals surface area contributed by atoms with E-state index in [2.05, 4.69) is 17.2 Å². The fourth-order valence-corrected chi connectivity index (χ4v) is 5.74. The first-order valence-electron chi connectivity index (χ1n) is 11.9. The molecule has 0 aliphatic rings. The largest absolute Gasteiger partial charge is 0.497 e. The number of aromatic nitrogens is 1. The van der Waals surface area contributed by atoms with Crippen molar-refractivity contribution in [2.45, 2.75) is 37.2 Å². The molecule has 1 heterocycles. The first kappa shape index (κ1) is 25.9. The van der Waals surface area contributed by atoms with Crippen molar-refractivity contribution in [2.24, 2.45) is 0 Å². The summed E-state index contributed by atoms with van der Waals surface area (Å²) in [5, 5.41) is 5.15. The fraction of sp³-hybridized carbons (Fsp3) is 0.250. The van der Waals surface area contributed by atoms with E-state index in [0.29, 0.717) is 22.9 Å². The molecule has 1 unspecified atom stereocenters. The lowest BCUT2D eigenvalue weighted by Crippen LogP contribution is -2.32. The van der Waals surface area contributed by atoms with Crippen LogP contribution in [0.5, 0.6) is 5.75 Å². The third-order valence-electron chi connectivity index (χ3n) is 6.01. The molecule has 188 valence electrons. The number of methoxy groups -OCH3 is 1. The Balaban J connectivity index is 1.47. The van der Waals surface area contributed by atoms with Gasteiger partial charge in [-0.3, -0.25) is 4.98 Å². The van der Waals surface area contributed by atoms with Crippen LogP contribution < -0.4 is 10.1 Å². The zero-order chi connectivity index (χ0) is 25.5. The number of fused-ring (bicyclic) bond motifs is 1. The van der Waals surface area contributed by atoms with Gasteiger partial charge in [-0.05, 0) is 61.7 Å². The van der Waals surface area contributed by atoms with Crippen LogP contribution >= 0.6 is 11.6 Å². The van der Waals surface area contributed by atoms with Gasteiger partial charge in [-0.2, -0.15) is 4.31 Å². The number of nitrogens with zero attached hydrogens (tertiary/aromatic N) is 2. The lowest BCUT2D eigenvalue weighted by atomic mass is 10.1. The molecule has 1 aromatic heterocycles. The maximum atomic E-state index is 13.4. The first-order valence-corrected chi connectivity index (χ1v) is 13.7. The highest BCUT2D eigenvalue weighted by Gasteiger charge is 2.24. The number of halogens is 1. The van der Waals surface area contributed by atoms with Crippen LogP contribution in [-0.2, 0) is 16.6 Å². The molecule has 4 aromatic rings. The highest BCUT2D eigenvalue weighted by atomic mass is 35.5. The summed E-state index contributed by atoms with van der Waals surface area (Å²) in [5.41, 5.74) is 2.66.